The largest absolute Gasteiger partial charge is 0.455 e. The van der Waals surface area contributed by atoms with Gasteiger partial charge in [-0.1, -0.05) is 6.07 Å². The number of hydrogen-bond donors (Lipinski definition) is 0. The normalized spacial score (nSPS) is 15.7. The third-order valence-electron chi connectivity index (χ3n) is 2.03. The molecule has 2 aromatic rings. The van der Waals surface area contributed by atoms with Gasteiger partial charge in [0.2, 0.25) is 0 Å². The molecule has 0 saturated carbocycles. The van der Waals surface area contributed by atoms with Crippen LogP contribution in [0.3, 0.4) is 0 Å². The van der Waals surface area contributed by atoms with E-state index >= 15 is 0 Å². The van der Waals surface area contributed by atoms with Crippen LogP contribution in [0.4, 0.5) is 0 Å². The van der Waals surface area contributed by atoms with Crippen molar-refractivity contribution in [3.8, 4) is 0 Å². The molecule has 70 valence electrons. The summed E-state index contributed by atoms with van der Waals surface area (Å²) in [5.41, 5.74) is 2.65. The Labute approximate surface area is 84.1 Å². The molecule has 4 nitrogen and oxygen atoms in total. The fourth-order valence-electron chi connectivity index (χ4n) is 1.40. The zero-order valence-electron chi connectivity index (χ0n) is 7.08. The molecule has 0 unspecified atom stereocenters. The van der Waals surface area contributed by atoms with Crippen LogP contribution in [0.2, 0.25) is 0 Å². The molecule has 14 heavy (non-hydrogen) atoms. The van der Waals surface area contributed by atoms with Gasteiger partial charge in [0.1, 0.15) is 23.6 Å². The Bertz CT molecular complexity index is 486. The lowest BCUT2D eigenvalue weighted by atomic mass is 10.2. The first kappa shape index (κ1) is 7.75. The molecular formula is C9H6N2O2S. The Hall–Kier alpha value is -1.62. The molecule has 5 heteroatoms. The smallest absolute Gasteiger partial charge is 0.268 e. The number of hydrogen-bond acceptors (Lipinski definition) is 5. The molecule has 0 atom stereocenters. The predicted octanol–water partition coefficient (Wildman–Crippen LogP) is 2.21. The molecular weight excluding hydrogens is 200 g/mol. The van der Waals surface area contributed by atoms with E-state index in [-0.39, 0.29) is 6.29 Å². The number of fused-ring (bicyclic) bond motifs is 1. The highest BCUT2D eigenvalue weighted by Crippen LogP contribution is 2.29. The SMILES string of the molecule is C1=COC(c2cccc3nsnc23)O1. The summed E-state index contributed by atoms with van der Waals surface area (Å²) in [6.07, 6.45) is 2.69. The summed E-state index contributed by atoms with van der Waals surface area (Å²) in [5.74, 6) is 0. The summed E-state index contributed by atoms with van der Waals surface area (Å²) < 4.78 is 18.9. The number of rotatable bonds is 1. The monoisotopic (exact) mass is 206 g/mol. The second kappa shape index (κ2) is 2.95. The van der Waals surface area contributed by atoms with Gasteiger partial charge in [-0.3, -0.25) is 0 Å². The van der Waals surface area contributed by atoms with Crippen LogP contribution in [0.25, 0.3) is 11.0 Å². The molecule has 1 aliphatic rings. The van der Waals surface area contributed by atoms with Crippen molar-refractivity contribution in [3.05, 3.63) is 36.3 Å². The molecule has 3 rings (SSSR count). The Morgan fingerprint density at radius 1 is 1.14 bits per heavy atom. The first-order valence-corrected chi connectivity index (χ1v) is 4.85. The van der Waals surface area contributed by atoms with Crippen LogP contribution in [0.5, 0.6) is 0 Å². The maximum atomic E-state index is 5.25. The standard InChI is InChI=1S/C9H6N2O2S/c1-2-6(9-12-4-5-13-9)8-7(3-1)10-14-11-8/h1-5,9H. The fraction of sp³-hybridized carbons (Fsp3) is 0.111. The molecule has 1 aromatic heterocycles. The summed E-state index contributed by atoms with van der Waals surface area (Å²) in [7, 11) is 0. The van der Waals surface area contributed by atoms with Crippen LogP contribution < -0.4 is 0 Å². The number of benzene rings is 1. The fourth-order valence-corrected chi connectivity index (χ4v) is 1.96. The van der Waals surface area contributed by atoms with E-state index in [0.717, 1.165) is 16.6 Å². The van der Waals surface area contributed by atoms with E-state index in [4.69, 9.17) is 9.47 Å². The van der Waals surface area contributed by atoms with Gasteiger partial charge in [-0.15, -0.1) is 0 Å². The topological polar surface area (TPSA) is 44.2 Å². The van der Waals surface area contributed by atoms with E-state index < -0.39 is 0 Å². The predicted molar refractivity (Wildman–Crippen MR) is 51.5 cm³/mol. The molecule has 1 aromatic carbocycles. The molecule has 0 aliphatic carbocycles. The van der Waals surface area contributed by atoms with Gasteiger partial charge >= 0.3 is 0 Å². The summed E-state index contributed by atoms with van der Waals surface area (Å²) in [5, 5.41) is 0. The second-order valence-corrected chi connectivity index (χ2v) is 3.38. The molecule has 0 N–H and O–H groups in total. The molecule has 1 aliphatic heterocycles. The van der Waals surface area contributed by atoms with Gasteiger partial charge in [0.15, 0.2) is 0 Å². The van der Waals surface area contributed by atoms with Crippen molar-refractivity contribution in [1.82, 2.24) is 8.75 Å². The average molecular weight is 206 g/mol. The maximum absolute atomic E-state index is 5.25. The summed E-state index contributed by atoms with van der Waals surface area (Å²) >= 11 is 1.19. The maximum Gasteiger partial charge on any atom is 0.268 e. The quantitative estimate of drug-likeness (QED) is 0.717. The molecule has 0 spiro atoms. The third kappa shape index (κ3) is 1.06. The Kier molecular flexibility index (Phi) is 1.63. The lowest BCUT2D eigenvalue weighted by Crippen LogP contribution is -1.98. The molecule has 0 radical (unpaired) electrons. The Morgan fingerprint density at radius 3 is 2.86 bits per heavy atom. The minimum atomic E-state index is -0.373. The summed E-state index contributed by atoms with van der Waals surface area (Å²) in [6, 6.07) is 5.77. The van der Waals surface area contributed by atoms with Crippen LogP contribution >= 0.6 is 11.7 Å². The van der Waals surface area contributed by atoms with E-state index in [0.29, 0.717) is 0 Å². The first-order chi connectivity index (χ1) is 6.95. The molecule has 0 bridgehead atoms. The minimum Gasteiger partial charge on any atom is -0.455 e. The lowest BCUT2D eigenvalue weighted by Gasteiger charge is -2.09. The van der Waals surface area contributed by atoms with Crippen molar-refractivity contribution < 1.29 is 9.47 Å². The van der Waals surface area contributed by atoms with Gasteiger partial charge in [-0.05, 0) is 12.1 Å². The van der Waals surface area contributed by atoms with Crippen molar-refractivity contribution in [2.45, 2.75) is 6.29 Å². The zero-order chi connectivity index (χ0) is 9.38. The minimum absolute atomic E-state index is 0.373. The third-order valence-corrected chi connectivity index (χ3v) is 2.57. The van der Waals surface area contributed by atoms with E-state index in [1.54, 1.807) is 0 Å². The Balaban J connectivity index is 2.15. The van der Waals surface area contributed by atoms with E-state index in [1.165, 1.54) is 24.3 Å². The highest BCUT2D eigenvalue weighted by Gasteiger charge is 2.19. The van der Waals surface area contributed by atoms with Crippen LogP contribution in [-0.2, 0) is 9.47 Å². The molecule has 0 amide bonds. The van der Waals surface area contributed by atoms with Gasteiger partial charge in [-0.25, -0.2) is 0 Å². The Morgan fingerprint density at radius 2 is 2.00 bits per heavy atom. The van der Waals surface area contributed by atoms with Crippen LogP contribution in [0.15, 0.2) is 30.7 Å². The molecule has 0 fully saturated rings. The lowest BCUT2D eigenvalue weighted by molar-refractivity contribution is -0.0235. The number of ether oxygens (including phenoxy) is 2. The molecule has 2 heterocycles. The number of nitrogens with zero attached hydrogens (tertiary/aromatic N) is 2. The summed E-state index contributed by atoms with van der Waals surface area (Å²) in [4.78, 5) is 0. The van der Waals surface area contributed by atoms with E-state index in [1.807, 2.05) is 18.2 Å². The van der Waals surface area contributed by atoms with Gasteiger partial charge in [-0.2, -0.15) is 8.75 Å². The number of aromatic nitrogens is 2. The highest BCUT2D eigenvalue weighted by molar-refractivity contribution is 7.00. The van der Waals surface area contributed by atoms with E-state index in [2.05, 4.69) is 8.75 Å². The van der Waals surface area contributed by atoms with Crippen molar-refractivity contribution in [2.75, 3.05) is 0 Å². The van der Waals surface area contributed by atoms with Gasteiger partial charge in [0.25, 0.3) is 6.29 Å². The molecule has 0 saturated heterocycles. The first-order valence-electron chi connectivity index (χ1n) is 4.12. The zero-order valence-corrected chi connectivity index (χ0v) is 7.90. The van der Waals surface area contributed by atoms with Crippen LogP contribution in [0, 0.1) is 0 Å². The van der Waals surface area contributed by atoms with Crippen molar-refractivity contribution >= 4 is 22.8 Å². The van der Waals surface area contributed by atoms with E-state index in [9.17, 15) is 0 Å². The average Bonchev–Trinajstić information content (AvgIpc) is 2.88. The van der Waals surface area contributed by atoms with Crippen LogP contribution in [-0.4, -0.2) is 8.75 Å². The van der Waals surface area contributed by atoms with Crippen molar-refractivity contribution in [2.24, 2.45) is 0 Å². The van der Waals surface area contributed by atoms with Crippen LogP contribution in [0.1, 0.15) is 11.9 Å². The van der Waals surface area contributed by atoms with Gasteiger partial charge in [0.05, 0.1) is 17.3 Å². The van der Waals surface area contributed by atoms with Crippen molar-refractivity contribution in [3.63, 3.8) is 0 Å². The van der Waals surface area contributed by atoms with Gasteiger partial charge < -0.3 is 9.47 Å². The second-order valence-electron chi connectivity index (χ2n) is 2.86. The van der Waals surface area contributed by atoms with Gasteiger partial charge in [0, 0.05) is 0 Å². The highest BCUT2D eigenvalue weighted by atomic mass is 32.1. The summed E-state index contributed by atoms with van der Waals surface area (Å²) in [6.45, 7) is 0. The van der Waals surface area contributed by atoms with Crippen molar-refractivity contribution in [1.29, 1.82) is 0 Å².